The summed E-state index contributed by atoms with van der Waals surface area (Å²) in [5.74, 6) is -0.367. The number of nitrogens with one attached hydrogen (secondary N) is 1. The summed E-state index contributed by atoms with van der Waals surface area (Å²) < 4.78 is 18.1. The summed E-state index contributed by atoms with van der Waals surface area (Å²) in [6.45, 7) is 2.06. The smallest absolute Gasteiger partial charge is 0.261 e. The van der Waals surface area contributed by atoms with E-state index in [1.807, 2.05) is 17.0 Å². The van der Waals surface area contributed by atoms with Gasteiger partial charge < -0.3 is 15.0 Å². The maximum absolute atomic E-state index is 13.1. The molecule has 8 heteroatoms. The Hall–Kier alpha value is -2.84. The van der Waals surface area contributed by atoms with Crippen LogP contribution in [0.15, 0.2) is 42.6 Å². The van der Waals surface area contributed by atoms with Crippen molar-refractivity contribution in [2.24, 2.45) is 0 Å². The first kappa shape index (κ1) is 21.4. The Kier molecular flexibility index (Phi) is 6.58. The molecule has 6 nitrogen and oxygen atoms in total. The van der Waals surface area contributed by atoms with Gasteiger partial charge in [0.1, 0.15) is 10.6 Å². The molecular formula is C23H24FN3O3S. The second kappa shape index (κ2) is 9.53. The van der Waals surface area contributed by atoms with Crippen molar-refractivity contribution in [1.29, 1.82) is 0 Å². The van der Waals surface area contributed by atoms with Crippen molar-refractivity contribution >= 4 is 33.4 Å². The Morgan fingerprint density at radius 3 is 2.87 bits per heavy atom. The molecule has 1 saturated heterocycles. The lowest BCUT2D eigenvalue weighted by Crippen LogP contribution is -2.30. The summed E-state index contributed by atoms with van der Waals surface area (Å²) in [7, 11) is 1.59. The standard InChI is InChI=1S/C23H24FN3O3S/c1-30-12-10-25-22(29)21-20(18-3-2-9-26-23(18)31-21)16-8-11-27(14-16)19(28)13-15-4-6-17(24)7-5-15/h2-7,9,16H,8,10-14H2,1H3,(H,25,29). The molecular weight excluding hydrogens is 417 g/mol. The molecule has 0 radical (unpaired) electrons. The molecule has 1 aliphatic rings. The molecule has 2 amide bonds. The minimum atomic E-state index is -0.313. The molecule has 1 atom stereocenters. The van der Waals surface area contributed by atoms with Crippen molar-refractivity contribution in [3.63, 3.8) is 0 Å². The lowest BCUT2D eigenvalue weighted by Gasteiger charge is -2.17. The summed E-state index contributed by atoms with van der Waals surface area (Å²) in [5.41, 5.74) is 1.76. The molecule has 3 aromatic rings. The SMILES string of the molecule is COCCNC(=O)c1sc2ncccc2c1C1CCN(C(=O)Cc2ccc(F)cc2)C1. The zero-order chi connectivity index (χ0) is 21.8. The highest BCUT2D eigenvalue weighted by atomic mass is 32.1. The van der Waals surface area contributed by atoms with Crippen LogP contribution in [0.25, 0.3) is 10.2 Å². The number of carbonyl (C=O) groups excluding carboxylic acids is 2. The molecule has 1 aromatic carbocycles. The van der Waals surface area contributed by atoms with Gasteiger partial charge in [0, 0.05) is 44.2 Å². The second-order valence-corrected chi connectivity index (χ2v) is 8.58. The fraction of sp³-hybridized carbons (Fsp3) is 0.348. The molecule has 0 saturated carbocycles. The van der Waals surface area contributed by atoms with Crippen molar-refractivity contribution < 1.29 is 18.7 Å². The van der Waals surface area contributed by atoms with Crippen LogP contribution in [0.3, 0.4) is 0 Å². The molecule has 0 spiro atoms. The summed E-state index contributed by atoms with van der Waals surface area (Å²) in [6.07, 6.45) is 2.75. The number of nitrogens with zero attached hydrogens (tertiary/aromatic N) is 2. The van der Waals surface area contributed by atoms with Crippen molar-refractivity contribution in [1.82, 2.24) is 15.2 Å². The molecule has 0 bridgehead atoms. The Morgan fingerprint density at radius 2 is 2.10 bits per heavy atom. The van der Waals surface area contributed by atoms with E-state index >= 15 is 0 Å². The minimum Gasteiger partial charge on any atom is -0.383 e. The number of amides is 2. The van der Waals surface area contributed by atoms with E-state index in [0.717, 1.165) is 27.8 Å². The van der Waals surface area contributed by atoms with E-state index in [4.69, 9.17) is 4.74 Å². The number of halogens is 1. The van der Waals surface area contributed by atoms with E-state index in [1.165, 1.54) is 23.5 Å². The molecule has 31 heavy (non-hydrogen) atoms. The highest BCUT2D eigenvalue weighted by Gasteiger charge is 2.32. The number of fused-ring (bicyclic) bond motifs is 1. The molecule has 162 valence electrons. The normalized spacial score (nSPS) is 16.1. The third kappa shape index (κ3) is 4.75. The van der Waals surface area contributed by atoms with E-state index in [-0.39, 0.29) is 30.0 Å². The van der Waals surface area contributed by atoms with Gasteiger partial charge >= 0.3 is 0 Å². The molecule has 1 aliphatic heterocycles. The van der Waals surface area contributed by atoms with E-state index in [1.54, 1.807) is 25.4 Å². The highest BCUT2D eigenvalue weighted by molar-refractivity contribution is 7.20. The Bertz CT molecular complexity index is 1080. The molecule has 0 aliphatic carbocycles. The van der Waals surface area contributed by atoms with Crippen LogP contribution in [0, 0.1) is 5.82 Å². The van der Waals surface area contributed by atoms with E-state index in [9.17, 15) is 14.0 Å². The number of methoxy groups -OCH3 is 1. The largest absolute Gasteiger partial charge is 0.383 e. The van der Waals surface area contributed by atoms with Crippen LogP contribution in [-0.4, -0.2) is 55.0 Å². The van der Waals surface area contributed by atoms with E-state index < -0.39 is 0 Å². The first-order valence-electron chi connectivity index (χ1n) is 10.2. The lowest BCUT2D eigenvalue weighted by atomic mass is 9.95. The van der Waals surface area contributed by atoms with Crippen LogP contribution in [0.5, 0.6) is 0 Å². The summed E-state index contributed by atoms with van der Waals surface area (Å²) >= 11 is 1.39. The molecule has 2 aromatic heterocycles. The van der Waals surface area contributed by atoms with Crippen LogP contribution < -0.4 is 5.32 Å². The number of carbonyl (C=O) groups is 2. The van der Waals surface area contributed by atoms with Crippen molar-refractivity contribution in [2.45, 2.75) is 18.8 Å². The summed E-state index contributed by atoms with van der Waals surface area (Å²) in [5, 5.41) is 3.88. The van der Waals surface area contributed by atoms with Gasteiger partial charge in [-0.2, -0.15) is 0 Å². The highest BCUT2D eigenvalue weighted by Crippen LogP contribution is 2.39. The van der Waals surface area contributed by atoms with Crippen LogP contribution >= 0.6 is 11.3 Å². The number of hydrogen-bond acceptors (Lipinski definition) is 5. The first-order valence-corrected chi connectivity index (χ1v) is 11.0. The average molecular weight is 442 g/mol. The predicted molar refractivity (Wildman–Crippen MR) is 118 cm³/mol. The molecule has 1 fully saturated rings. The quantitative estimate of drug-likeness (QED) is 0.571. The van der Waals surface area contributed by atoms with Crippen molar-refractivity contribution in [3.8, 4) is 0 Å². The van der Waals surface area contributed by atoms with Crippen molar-refractivity contribution in [3.05, 3.63) is 64.4 Å². The van der Waals surface area contributed by atoms with E-state index in [0.29, 0.717) is 31.1 Å². The van der Waals surface area contributed by atoms with Gasteiger partial charge in [-0.1, -0.05) is 18.2 Å². The number of hydrogen-bond donors (Lipinski definition) is 1. The van der Waals surface area contributed by atoms with Gasteiger partial charge in [0.25, 0.3) is 5.91 Å². The number of benzene rings is 1. The van der Waals surface area contributed by atoms with Gasteiger partial charge in [0.05, 0.1) is 17.9 Å². The maximum atomic E-state index is 13.1. The fourth-order valence-corrected chi connectivity index (χ4v) is 5.13. The van der Waals surface area contributed by atoms with Gasteiger partial charge in [0.2, 0.25) is 5.91 Å². The van der Waals surface area contributed by atoms with Crippen LogP contribution in [0.2, 0.25) is 0 Å². The number of aromatic nitrogens is 1. The lowest BCUT2D eigenvalue weighted by molar-refractivity contribution is -0.129. The number of pyridine rings is 1. The zero-order valence-electron chi connectivity index (χ0n) is 17.3. The Morgan fingerprint density at radius 1 is 1.29 bits per heavy atom. The number of thiophene rings is 1. The predicted octanol–water partition coefficient (Wildman–Crippen LogP) is 3.37. The number of rotatable bonds is 7. The topological polar surface area (TPSA) is 71.5 Å². The average Bonchev–Trinajstić information content (AvgIpc) is 3.40. The van der Waals surface area contributed by atoms with Gasteiger partial charge in [-0.05, 0) is 35.7 Å². The second-order valence-electron chi connectivity index (χ2n) is 7.58. The zero-order valence-corrected chi connectivity index (χ0v) is 18.1. The summed E-state index contributed by atoms with van der Waals surface area (Å²) in [4.78, 5) is 33.4. The van der Waals surface area contributed by atoms with Gasteiger partial charge in [-0.15, -0.1) is 11.3 Å². The first-order chi connectivity index (χ1) is 15.1. The third-order valence-corrected chi connectivity index (χ3v) is 6.65. The maximum Gasteiger partial charge on any atom is 0.261 e. The fourth-order valence-electron chi connectivity index (χ4n) is 3.98. The summed E-state index contributed by atoms with van der Waals surface area (Å²) in [6, 6.07) is 9.88. The Balaban J connectivity index is 1.53. The molecule has 1 N–H and O–H groups in total. The molecule has 3 heterocycles. The van der Waals surface area contributed by atoms with Crippen LogP contribution in [0.4, 0.5) is 4.39 Å². The molecule has 1 unspecified atom stereocenters. The van der Waals surface area contributed by atoms with Gasteiger partial charge in [0.15, 0.2) is 0 Å². The monoisotopic (exact) mass is 441 g/mol. The number of likely N-dealkylation sites (tertiary alicyclic amines) is 1. The number of ether oxygens (including phenoxy) is 1. The van der Waals surface area contributed by atoms with Crippen LogP contribution in [-0.2, 0) is 16.0 Å². The van der Waals surface area contributed by atoms with Gasteiger partial charge in [-0.3, -0.25) is 9.59 Å². The van der Waals surface area contributed by atoms with E-state index in [2.05, 4.69) is 10.3 Å². The molecule has 4 rings (SSSR count). The Labute approximate surface area is 184 Å². The van der Waals surface area contributed by atoms with Gasteiger partial charge in [-0.25, -0.2) is 9.37 Å². The minimum absolute atomic E-state index is 0.0119. The van der Waals surface area contributed by atoms with Crippen molar-refractivity contribution in [2.75, 3.05) is 33.4 Å². The third-order valence-electron chi connectivity index (χ3n) is 5.52. The van der Waals surface area contributed by atoms with Crippen LogP contribution in [0.1, 0.15) is 33.1 Å².